The third-order valence-corrected chi connectivity index (χ3v) is 8.03. The van der Waals surface area contributed by atoms with Crippen LogP contribution >= 0.6 is 0 Å². The molecule has 0 amide bonds. The zero-order chi connectivity index (χ0) is 22.7. The summed E-state index contributed by atoms with van der Waals surface area (Å²) in [5, 5.41) is 3.68. The van der Waals surface area contributed by atoms with E-state index in [4.69, 9.17) is 4.98 Å². The number of hydrogen-bond acceptors (Lipinski definition) is 3. The Morgan fingerprint density at radius 2 is 1.49 bits per heavy atom. The fourth-order valence-corrected chi connectivity index (χ4v) is 6.61. The van der Waals surface area contributed by atoms with Crippen LogP contribution in [0.3, 0.4) is 0 Å². The summed E-state index contributed by atoms with van der Waals surface area (Å²) in [5.74, 6) is 0. The van der Waals surface area contributed by atoms with Crippen LogP contribution in [-0.2, 0) is 12.8 Å². The quantitative estimate of drug-likeness (QED) is 0.243. The molecular weight excluding hydrogens is 428 g/mol. The Labute approximate surface area is 200 Å². The Hall–Kier alpha value is -4.57. The van der Waals surface area contributed by atoms with Crippen molar-refractivity contribution >= 4 is 38.4 Å². The predicted molar refractivity (Wildman–Crippen MR) is 140 cm³/mol. The van der Waals surface area contributed by atoms with Crippen LogP contribution in [0.15, 0.2) is 85.5 Å². The molecule has 3 aromatic carbocycles. The minimum Gasteiger partial charge on any atom is -0.290 e. The van der Waals surface area contributed by atoms with E-state index in [9.17, 15) is 0 Å². The molecule has 2 aliphatic rings. The van der Waals surface area contributed by atoms with Gasteiger partial charge >= 0.3 is 0 Å². The van der Waals surface area contributed by atoms with Gasteiger partial charge in [-0.2, -0.15) is 0 Å². The van der Waals surface area contributed by atoms with Crippen molar-refractivity contribution in [2.24, 2.45) is 0 Å². The van der Waals surface area contributed by atoms with Gasteiger partial charge in [0, 0.05) is 29.6 Å². The summed E-state index contributed by atoms with van der Waals surface area (Å²) in [4.78, 5) is 13.9. The van der Waals surface area contributed by atoms with E-state index in [1.54, 1.807) is 0 Å². The fraction of sp³-hybridized carbons (Fsp3) is 0.0645. The maximum Gasteiger partial charge on any atom is 0.146 e. The van der Waals surface area contributed by atoms with Crippen LogP contribution in [0.2, 0.25) is 0 Å². The van der Waals surface area contributed by atoms with Crippen molar-refractivity contribution in [3.05, 3.63) is 108 Å². The molecule has 4 heterocycles. The van der Waals surface area contributed by atoms with Gasteiger partial charge in [0.1, 0.15) is 11.2 Å². The van der Waals surface area contributed by atoms with Crippen LogP contribution < -0.4 is 0 Å². The van der Waals surface area contributed by atoms with Crippen molar-refractivity contribution in [2.45, 2.75) is 12.8 Å². The number of nitrogens with zero attached hydrogens (tertiary/aromatic N) is 4. The maximum absolute atomic E-state index is 5.11. The minimum atomic E-state index is 0.910. The summed E-state index contributed by atoms with van der Waals surface area (Å²) < 4.78 is 2.27. The van der Waals surface area contributed by atoms with Gasteiger partial charge in [0.15, 0.2) is 0 Å². The first-order valence-corrected chi connectivity index (χ1v) is 12.0. The normalized spacial score (nSPS) is 13.5. The van der Waals surface area contributed by atoms with Gasteiger partial charge in [-0.05, 0) is 68.4 Å². The predicted octanol–water partition coefficient (Wildman–Crippen LogP) is 6.73. The van der Waals surface area contributed by atoms with E-state index in [0.29, 0.717) is 0 Å². The highest BCUT2D eigenvalue weighted by atomic mass is 15.0. The molecule has 2 aliphatic carbocycles. The number of imidazole rings is 1. The van der Waals surface area contributed by atoms with Gasteiger partial charge < -0.3 is 0 Å². The molecule has 0 saturated heterocycles. The molecule has 7 aromatic rings. The van der Waals surface area contributed by atoms with E-state index in [2.05, 4.69) is 75.0 Å². The Morgan fingerprint density at radius 3 is 2.49 bits per heavy atom. The SMILES string of the molecule is c1ccc2c(c1)Cc1ccc3c(c1-2)Cc1c-3ccc2c3ccncc3n3c4ccncc4nc3c12. The summed E-state index contributed by atoms with van der Waals surface area (Å²) in [6.45, 7) is 0. The lowest BCUT2D eigenvalue weighted by atomic mass is 9.95. The van der Waals surface area contributed by atoms with E-state index in [-0.39, 0.29) is 0 Å². The Morgan fingerprint density at radius 1 is 0.629 bits per heavy atom. The van der Waals surface area contributed by atoms with Crippen molar-refractivity contribution in [1.29, 1.82) is 0 Å². The van der Waals surface area contributed by atoms with Gasteiger partial charge in [-0.25, -0.2) is 4.98 Å². The summed E-state index contributed by atoms with van der Waals surface area (Å²) >= 11 is 0. The molecule has 162 valence electrons. The van der Waals surface area contributed by atoms with Crippen LogP contribution in [0.25, 0.3) is 60.6 Å². The van der Waals surface area contributed by atoms with Crippen molar-refractivity contribution in [2.75, 3.05) is 0 Å². The number of aromatic nitrogens is 4. The second-order valence-electron chi connectivity index (χ2n) is 9.68. The topological polar surface area (TPSA) is 43.1 Å². The Bertz CT molecular complexity index is 2070. The van der Waals surface area contributed by atoms with Gasteiger partial charge in [-0.1, -0.05) is 48.5 Å². The monoisotopic (exact) mass is 446 g/mol. The minimum absolute atomic E-state index is 0.910. The van der Waals surface area contributed by atoms with Crippen LogP contribution in [0, 0.1) is 0 Å². The molecule has 0 N–H and O–H groups in total. The van der Waals surface area contributed by atoms with Gasteiger partial charge in [-0.15, -0.1) is 0 Å². The lowest BCUT2D eigenvalue weighted by Crippen LogP contribution is -1.95. The van der Waals surface area contributed by atoms with Gasteiger partial charge in [-0.3, -0.25) is 14.4 Å². The fourth-order valence-electron chi connectivity index (χ4n) is 6.61. The highest BCUT2D eigenvalue weighted by Gasteiger charge is 2.30. The highest BCUT2D eigenvalue weighted by molar-refractivity contribution is 6.17. The van der Waals surface area contributed by atoms with Crippen LogP contribution in [0.1, 0.15) is 22.3 Å². The molecule has 0 radical (unpaired) electrons. The standard InChI is InChI=1S/C31H18N4/c1-2-4-19-17(3-1)13-18-5-6-20-21-7-8-23-22-9-11-33-16-28(22)35-27-10-12-32-15-26(27)34-31(35)30(23)25(21)14-24(20)29(18)19/h1-12,15-16H,13-14H2. The molecule has 9 rings (SSSR count). The molecule has 0 spiro atoms. The average Bonchev–Trinajstić information content (AvgIpc) is 3.59. The Kier molecular flexibility index (Phi) is 3.11. The summed E-state index contributed by atoms with van der Waals surface area (Å²) in [6, 6.07) is 22.3. The van der Waals surface area contributed by atoms with E-state index in [1.165, 1.54) is 60.7 Å². The third kappa shape index (κ3) is 2.11. The molecule has 0 saturated carbocycles. The largest absolute Gasteiger partial charge is 0.290 e. The number of pyridine rings is 3. The van der Waals surface area contributed by atoms with Crippen LogP contribution in [0.4, 0.5) is 0 Å². The third-order valence-electron chi connectivity index (χ3n) is 8.03. The molecule has 0 unspecified atom stereocenters. The first kappa shape index (κ1) is 17.8. The molecular formula is C31H18N4. The van der Waals surface area contributed by atoms with E-state index in [0.717, 1.165) is 35.0 Å². The number of rotatable bonds is 0. The van der Waals surface area contributed by atoms with Gasteiger partial charge in [0.05, 0.1) is 23.4 Å². The lowest BCUT2D eigenvalue weighted by Gasteiger charge is -2.12. The van der Waals surface area contributed by atoms with Crippen LogP contribution in [0.5, 0.6) is 0 Å². The second kappa shape index (κ2) is 6.10. The molecule has 4 heteroatoms. The molecule has 4 nitrogen and oxygen atoms in total. The second-order valence-corrected chi connectivity index (χ2v) is 9.68. The molecule has 0 bridgehead atoms. The summed E-state index contributed by atoms with van der Waals surface area (Å²) in [7, 11) is 0. The smallest absolute Gasteiger partial charge is 0.146 e. The summed E-state index contributed by atoms with van der Waals surface area (Å²) in [6.07, 6.45) is 9.49. The zero-order valence-corrected chi connectivity index (χ0v) is 18.8. The molecule has 35 heavy (non-hydrogen) atoms. The van der Waals surface area contributed by atoms with Crippen molar-refractivity contribution in [3.8, 4) is 22.3 Å². The average molecular weight is 447 g/mol. The van der Waals surface area contributed by atoms with E-state index < -0.39 is 0 Å². The first-order valence-electron chi connectivity index (χ1n) is 12.0. The molecule has 0 atom stereocenters. The van der Waals surface area contributed by atoms with E-state index >= 15 is 0 Å². The Balaban J connectivity index is 1.44. The maximum atomic E-state index is 5.11. The number of hydrogen-bond donors (Lipinski definition) is 0. The highest BCUT2D eigenvalue weighted by Crippen LogP contribution is 2.50. The molecule has 0 fully saturated rings. The van der Waals surface area contributed by atoms with Crippen molar-refractivity contribution in [3.63, 3.8) is 0 Å². The summed E-state index contributed by atoms with van der Waals surface area (Å²) in [5.41, 5.74) is 15.3. The van der Waals surface area contributed by atoms with E-state index in [1.807, 2.05) is 24.8 Å². The lowest BCUT2D eigenvalue weighted by molar-refractivity contribution is 1.23. The first-order chi connectivity index (χ1) is 17.4. The number of fused-ring (bicyclic) bond motifs is 16. The van der Waals surface area contributed by atoms with Gasteiger partial charge in [0.25, 0.3) is 0 Å². The molecule has 0 aliphatic heterocycles. The van der Waals surface area contributed by atoms with Crippen molar-refractivity contribution < 1.29 is 0 Å². The van der Waals surface area contributed by atoms with Crippen LogP contribution in [-0.4, -0.2) is 19.4 Å². The van der Waals surface area contributed by atoms with Gasteiger partial charge in [0.2, 0.25) is 0 Å². The zero-order valence-electron chi connectivity index (χ0n) is 18.8. The van der Waals surface area contributed by atoms with Crippen molar-refractivity contribution in [1.82, 2.24) is 19.4 Å². The number of benzene rings is 3. The molecule has 4 aromatic heterocycles.